The number of nitrogens with zero attached hydrogens (tertiary/aromatic N) is 4. The van der Waals surface area contributed by atoms with Gasteiger partial charge in [0.05, 0.1) is 18.4 Å². The number of carbonyl (C=O) groups is 1. The molecule has 194 valence electrons. The van der Waals surface area contributed by atoms with Gasteiger partial charge in [0.15, 0.2) is 5.75 Å². The SMILES string of the molecule is COc1c(N2CCN(C(=O)OC(C)(C)C)[C@H](C)C2)c(C)nc2nc(-c3ccc(C(C)(C)O)cc3)oc12. The number of piperazine rings is 1. The van der Waals surface area contributed by atoms with E-state index in [0.29, 0.717) is 42.5 Å². The molecule has 3 heterocycles. The molecule has 1 saturated heterocycles. The summed E-state index contributed by atoms with van der Waals surface area (Å²) in [5.41, 5.74) is 2.66. The normalized spacial score (nSPS) is 17.0. The maximum absolute atomic E-state index is 12.7. The van der Waals surface area contributed by atoms with Gasteiger partial charge in [-0.15, -0.1) is 0 Å². The van der Waals surface area contributed by atoms with Crippen LogP contribution >= 0.6 is 0 Å². The molecule has 3 aromatic rings. The molecule has 0 spiro atoms. The molecule has 4 rings (SSSR count). The number of amides is 1. The number of aliphatic hydroxyl groups is 1. The van der Waals surface area contributed by atoms with Crippen LogP contribution in [-0.2, 0) is 10.3 Å². The Labute approximate surface area is 212 Å². The van der Waals surface area contributed by atoms with Gasteiger partial charge in [-0.1, -0.05) is 12.1 Å². The Morgan fingerprint density at radius 2 is 1.78 bits per heavy atom. The Morgan fingerprint density at radius 3 is 2.33 bits per heavy atom. The molecule has 0 bridgehead atoms. The van der Waals surface area contributed by atoms with Crippen molar-refractivity contribution in [2.24, 2.45) is 0 Å². The summed E-state index contributed by atoms with van der Waals surface area (Å²) in [4.78, 5) is 25.9. The zero-order valence-electron chi connectivity index (χ0n) is 22.4. The van der Waals surface area contributed by atoms with Gasteiger partial charge < -0.3 is 28.8 Å². The second-order valence-corrected chi connectivity index (χ2v) is 10.9. The molecular weight excluding hydrogens is 460 g/mol. The smallest absolute Gasteiger partial charge is 0.410 e. The topological polar surface area (TPSA) is 101 Å². The van der Waals surface area contributed by atoms with E-state index in [1.54, 1.807) is 25.9 Å². The molecule has 1 aromatic carbocycles. The Hall–Kier alpha value is -3.33. The van der Waals surface area contributed by atoms with Crippen LogP contribution in [0.25, 0.3) is 22.7 Å². The fraction of sp³-hybridized carbons (Fsp3) is 0.519. The zero-order valence-corrected chi connectivity index (χ0v) is 22.4. The van der Waals surface area contributed by atoms with Crippen LogP contribution in [0.5, 0.6) is 5.75 Å². The third kappa shape index (κ3) is 5.11. The zero-order chi connectivity index (χ0) is 26.4. The van der Waals surface area contributed by atoms with E-state index in [4.69, 9.17) is 18.9 Å². The second-order valence-electron chi connectivity index (χ2n) is 10.9. The maximum Gasteiger partial charge on any atom is 0.410 e. The van der Waals surface area contributed by atoms with Crippen molar-refractivity contribution in [1.29, 1.82) is 0 Å². The van der Waals surface area contributed by atoms with Gasteiger partial charge in [-0.2, -0.15) is 4.98 Å². The lowest BCUT2D eigenvalue weighted by Crippen LogP contribution is -2.55. The van der Waals surface area contributed by atoms with Gasteiger partial charge in [-0.3, -0.25) is 0 Å². The summed E-state index contributed by atoms with van der Waals surface area (Å²) in [6.45, 7) is 14.8. The average molecular weight is 497 g/mol. The lowest BCUT2D eigenvalue weighted by atomic mass is 9.97. The minimum Gasteiger partial charge on any atom is -0.491 e. The van der Waals surface area contributed by atoms with Gasteiger partial charge in [-0.05, 0) is 66.2 Å². The van der Waals surface area contributed by atoms with E-state index < -0.39 is 11.2 Å². The molecule has 9 heteroatoms. The van der Waals surface area contributed by atoms with Crippen LogP contribution in [0.4, 0.5) is 10.5 Å². The summed E-state index contributed by atoms with van der Waals surface area (Å²) in [5, 5.41) is 10.2. The first kappa shape index (κ1) is 25.8. The lowest BCUT2D eigenvalue weighted by molar-refractivity contribution is 0.0159. The Balaban J connectivity index is 1.64. The number of pyridine rings is 1. The molecule has 0 unspecified atom stereocenters. The minimum absolute atomic E-state index is 0.0621. The highest BCUT2D eigenvalue weighted by Gasteiger charge is 2.33. The molecule has 0 aliphatic carbocycles. The molecule has 36 heavy (non-hydrogen) atoms. The van der Waals surface area contributed by atoms with Crippen LogP contribution in [0.15, 0.2) is 28.7 Å². The highest BCUT2D eigenvalue weighted by Crippen LogP contribution is 2.40. The second kappa shape index (κ2) is 9.28. The van der Waals surface area contributed by atoms with Crippen LogP contribution in [0.3, 0.4) is 0 Å². The number of aromatic nitrogens is 2. The van der Waals surface area contributed by atoms with Gasteiger partial charge in [0.25, 0.3) is 0 Å². The van der Waals surface area contributed by atoms with Crippen LogP contribution in [-0.4, -0.2) is 64.5 Å². The van der Waals surface area contributed by atoms with E-state index in [0.717, 1.165) is 22.5 Å². The van der Waals surface area contributed by atoms with E-state index in [9.17, 15) is 9.90 Å². The summed E-state index contributed by atoms with van der Waals surface area (Å²) in [6.07, 6.45) is -0.303. The molecule has 1 N–H and O–H groups in total. The van der Waals surface area contributed by atoms with E-state index in [-0.39, 0.29) is 12.1 Å². The van der Waals surface area contributed by atoms with Gasteiger partial charge in [0, 0.05) is 31.2 Å². The van der Waals surface area contributed by atoms with E-state index in [1.807, 2.05) is 58.9 Å². The van der Waals surface area contributed by atoms with Crippen molar-refractivity contribution in [2.75, 3.05) is 31.6 Å². The standard InChI is InChI=1S/C27H36N4O5/c1-16-15-30(13-14-31(16)25(32)36-26(3,4)5)20-17(2)28-23-22(21(20)34-8)35-24(29-23)18-9-11-19(12-10-18)27(6,7)33/h9-12,16,33H,13-15H2,1-8H3/t16-/m1/s1. The van der Waals surface area contributed by atoms with Crippen LogP contribution in [0.2, 0.25) is 0 Å². The molecular formula is C27H36N4O5. The number of benzene rings is 1. The van der Waals surface area contributed by atoms with Crippen molar-refractivity contribution in [1.82, 2.24) is 14.9 Å². The highest BCUT2D eigenvalue weighted by atomic mass is 16.6. The third-order valence-corrected chi connectivity index (χ3v) is 6.26. The first-order valence-electron chi connectivity index (χ1n) is 12.2. The number of anilines is 1. The van der Waals surface area contributed by atoms with Crippen molar-refractivity contribution >= 4 is 23.0 Å². The molecule has 1 fully saturated rings. The fourth-order valence-corrected chi connectivity index (χ4v) is 4.48. The van der Waals surface area contributed by atoms with Gasteiger partial charge >= 0.3 is 6.09 Å². The van der Waals surface area contributed by atoms with Crippen molar-refractivity contribution in [3.63, 3.8) is 0 Å². The largest absolute Gasteiger partial charge is 0.491 e. The Bertz CT molecular complexity index is 1250. The molecule has 1 aliphatic heterocycles. The number of ether oxygens (including phenoxy) is 2. The van der Waals surface area contributed by atoms with E-state index >= 15 is 0 Å². The fourth-order valence-electron chi connectivity index (χ4n) is 4.48. The van der Waals surface area contributed by atoms with Crippen molar-refractivity contribution in [3.8, 4) is 17.2 Å². The van der Waals surface area contributed by atoms with Crippen LogP contribution in [0, 0.1) is 6.92 Å². The molecule has 0 radical (unpaired) electrons. The van der Waals surface area contributed by atoms with Crippen molar-refractivity contribution < 1.29 is 23.8 Å². The Morgan fingerprint density at radius 1 is 1.11 bits per heavy atom. The van der Waals surface area contributed by atoms with E-state index in [1.165, 1.54) is 0 Å². The summed E-state index contributed by atoms with van der Waals surface area (Å²) in [7, 11) is 1.61. The molecule has 9 nitrogen and oxygen atoms in total. The number of aryl methyl sites for hydroxylation is 1. The number of hydrogen-bond donors (Lipinski definition) is 1. The lowest BCUT2D eigenvalue weighted by Gasteiger charge is -2.41. The number of carbonyl (C=O) groups excluding carboxylic acids is 1. The number of hydrogen-bond acceptors (Lipinski definition) is 8. The molecule has 0 saturated carbocycles. The summed E-state index contributed by atoms with van der Waals surface area (Å²) >= 11 is 0. The summed E-state index contributed by atoms with van der Waals surface area (Å²) in [5.74, 6) is 1.00. The summed E-state index contributed by atoms with van der Waals surface area (Å²) < 4.78 is 17.6. The predicted molar refractivity (Wildman–Crippen MR) is 138 cm³/mol. The summed E-state index contributed by atoms with van der Waals surface area (Å²) in [6, 6.07) is 7.40. The van der Waals surface area contributed by atoms with E-state index in [2.05, 4.69) is 9.88 Å². The number of rotatable bonds is 4. The molecule has 1 amide bonds. The van der Waals surface area contributed by atoms with Gasteiger partial charge in [0.1, 0.15) is 11.3 Å². The molecule has 1 aliphatic rings. The third-order valence-electron chi connectivity index (χ3n) is 6.26. The number of fused-ring (bicyclic) bond motifs is 1. The maximum atomic E-state index is 12.7. The van der Waals surface area contributed by atoms with Crippen LogP contribution < -0.4 is 9.64 Å². The Kier molecular flexibility index (Phi) is 6.64. The monoisotopic (exact) mass is 496 g/mol. The predicted octanol–water partition coefficient (Wildman–Crippen LogP) is 4.88. The average Bonchev–Trinajstić information content (AvgIpc) is 3.20. The van der Waals surface area contributed by atoms with Crippen molar-refractivity contribution in [3.05, 3.63) is 35.5 Å². The van der Waals surface area contributed by atoms with Gasteiger partial charge in [-0.25, -0.2) is 9.78 Å². The molecule has 2 aromatic heterocycles. The minimum atomic E-state index is -0.929. The van der Waals surface area contributed by atoms with Crippen LogP contribution in [0.1, 0.15) is 52.8 Å². The number of oxazole rings is 1. The molecule has 1 atom stereocenters. The van der Waals surface area contributed by atoms with Gasteiger partial charge in [0.2, 0.25) is 17.1 Å². The highest BCUT2D eigenvalue weighted by molar-refractivity contribution is 5.87. The quantitative estimate of drug-likeness (QED) is 0.545. The first-order valence-corrected chi connectivity index (χ1v) is 12.2. The van der Waals surface area contributed by atoms with Crippen molar-refractivity contribution in [2.45, 2.75) is 65.7 Å². The number of methoxy groups -OCH3 is 1. The first-order chi connectivity index (χ1) is 16.8.